The largest absolute Gasteiger partial charge is 0.171 e. The summed E-state index contributed by atoms with van der Waals surface area (Å²) in [4.78, 5) is 0. The minimum atomic E-state index is 0.227. The number of hydrogen-bond acceptors (Lipinski definition) is 1. The first kappa shape index (κ1) is 11.6. The molecule has 1 atom stereocenters. The first-order valence-corrected chi connectivity index (χ1v) is 5.63. The Morgan fingerprint density at radius 1 is 1.21 bits per heavy atom. The predicted octanol–water partition coefficient (Wildman–Crippen LogP) is 4.28. The predicted molar refractivity (Wildman–Crippen MR) is 67.3 cm³/mol. The first-order valence-electron chi connectivity index (χ1n) is 5.11. The lowest BCUT2D eigenvalue weighted by molar-refractivity contribution is 0.589. The third-order valence-corrected chi connectivity index (χ3v) is 2.87. The second-order valence-electron chi connectivity index (χ2n) is 5.00. The average Bonchev–Trinajstić information content (AvgIpc) is 2.02. The molecule has 1 heteroatoms. The minimum absolute atomic E-state index is 0.227. The van der Waals surface area contributed by atoms with Crippen molar-refractivity contribution in [3.8, 4) is 0 Å². The molecule has 1 rings (SSSR count). The minimum Gasteiger partial charge on any atom is -0.171 e. The summed E-state index contributed by atoms with van der Waals surface area (Å²) in [6, 6.07) is 6.70. The lowest BCUT2D eigenvalue weighted by Gasteiger charge is -2.21. The maximum Gasteiger partial charge on any atom is 0.0241 e. The van der Waals surface area contributed by atoms with E-state index in [4.69, 9.17) is 0 Å². The van der Waals surface area contributed by atoms with Gasteiger partial charge in [0.05, 0.1) is 0 Å². The second-order valence-corrected chi connectivity index (χ2v) is 5.77. The summed E-state index contributed by atoms with van der Waals surface area (Å²) < 4.78 is 0. The van der Waals surface area contributed by atoms with Gasteiger partial charge in [-0.15, -0.1) is 0 Å². The molecule has 0 aliphatic heterocycles. The van der Waals surface area contributed by atoms with Crippen LogP contribution >= 0.6 is 12.6 Å². The summed E-state index contributed by atoms with van der Waals surface area (Å²) in [6.07, 6.45) is 0. The molecule has 0 amide bonds. The van der Waals surface area contributed by atoms with E-state index in [1.165, 1.54) is 16.7 Å². The van der Waals surface area contributed by atoms with Gasteiger partial charge in [0.25, 0.3) is 0 Å². The van der Waals surface area contributed by atoms with E-state index in [-0.39, 0.29) is 5.41 Å². The smallest absolute Gasteiger partial charge is 0.0241 e. The van der Waals surface area contributed by atoms with Gasteiger partial charge in [-0.25, -0.2) is 0 Å². The molecule has 0 N–H and O–H groups in total. The standard InChI is InChI=1S/C13H20S/c1-9-6-7-11(13(3,4)5)8-12(9)10(2)14/h6-8,10,14H,1-5H3. The molecule has 0 radical (unpaired) electrons. The zero-order valence-corrected chi connectivity index (χ0v) is 10.7. The quantitative estimate of drug-likeness (QED) is 0.654. The lowest BCUT2D eigenvalue weighted by atomic mass is 9.85. The van der Waals surface area contributed by atoms with Crippen molar-refractivity contribution in [2.45, 2.75) is 45.3 Å². The summed E-state index contributed by atoms with van der Waals surface area (Å²) in [5.74, 6) is 0. The number of aryl methyl sites for hydroxylation is 1. The molecule has 0 heterocycles. The van der Waals surface area contributed by atoms with Crippen molar-refractivity contribution in [1.82, 2.24) is 0 Å². The summed E-state index contributed by atoms with van der Waals surface area (Å²) >= 11 is 4.50. The van der Waals surface area contributed by atoms with E-state index in [1.54, 1.807) is 0 Å². The van der Waals surface area contributed by atoms with Gasteiger partial charge in [-0.1, -0.05) is 39.0 Å². The molecule has 14 heavy (non-hydrogen) atoms. The molecule has 0 aliphatic carbocycles. The summed E-state index contributed by atoms with van der Waals surface area (Å²) in [7, 11) is 0. The Morgan fingerprint density at radius 3 is 2.21 bits per heavy atom. The number of rotatable bonds is 1. The molecule has 1 aromatic rings. The van der Waals surface area contributed by atoms with Crippen molar-refractivity contribution in [1.29, 1.82) is 0 Å². The van der Waals surface area contributed by atoms with Gasteiger partial charge in [-0.3, -0.25) is 0 Å². The van der Waals surface area contributed by atoms with Crippen molar-refractivity contribution in [3.63, 3.8) is 0 Å². The van der Waals surface area contributed by atoms with E-state index in [9.17, 15) is 0 Å². The molecule has 1 unspecified atom stereocenters. The third kappa shape index (κ3) is 2.54. The van der Waals surface area contributed by atoms with Gasteiger partial charge in [-0.05, 0) is 36.0 Å². The first-order chi connectivity index (χ1) is 6.32. The normalized spacial score (nSPS) is 14.1. The highest BCUT2D eigenvalue weighted by Gasteiger charge is 2.15. The molecule has 0 aromatic heterocycles. The third-order valence-electron chi connectivity index (χ3n) is 2.60. The van der Waals surface area contributed by atoms with Gasteiger partial charge in [0, 0.05) is 5.25 Å². The van der Waals surface area contributed by atoms with Crippen molar-refractivity contribution >= 4 is 12.6 Å². The molecule has 0 nitrogen and oxygen atoms in total. The van der Waals surface area contributed by atoms with Crippen LogP contribution in [0.3, 0.4) is 0 Å². The van der Waals surface area contributed by atoms with Crippen molar-refractivity contribution < 1.29 is 0 Å². The van der Waals surface area contributed by atoms with Crippen LogP contribution in [-0.4, -0.2) is 0 Å². The molecule has 78 valence electrons. The van der Waals surface area contributed by atoms with Crippen LogP contribution in [0.15, 0.2) is 18.2 Å². The van der Waals surface area contributed by atoms with Crippen LogP contribution in [0.5, 0.6) is 0 Å². The van der Waals surface area contributed by atoms with Crippen LogP contribution in [0, 0.1) is 6.92 Å². The van der Waals surface area contributed by atoms with Gasteiger partial charge in [-0.2, -0.15) is 12.6 Å². The van der Waals surface area contributed by atoms with Crippen LogP contribution in [0.25, 0.3) is 0 Å². The summed E-state index contributed by atoms with van der Waals surface area (Å²) in [5, 5.41) is 0.317. The van der Waals surface area contributed by atoms with Crippen LogP contribution in [0.4, 0.5) is 0 Å². The van der Waals surface area contributed by atoms with Crippen LogP contribution in [-0.2, 0) is 5.41 Å². The Kier molecular flexibility index (Phi) is 3.31. The van der Waals surface area contributed by atoms with Crippen molar-refractivity contribution in [3.05, 3.63) is 34.9 Å². The summed E-state index contributed by atoms with van der Waals surface area (Å²) in [5.41, 5.74) is 4.30. The molecular weight excluding hydrogens is 188 g/mol. The van der Waals surface area contributed by atoms with E-state index >= 15 is 0 Å². The van der Waals surface area contributed by atoms with E-state index in [0.29, 0.717) is 5.25 Å². The maximum atomic E-state index is 4.50. The number of thiol groups is 1. The van der Waals surface area contributed by atoms with Gasteiger partial charge in [0.15, 0.2) is 0 Å². The van der Waals surface area contributed by atoms with E-state index in [1.807, 2.05) is 0 Å². The van der Waals surface area contributed by atoms with Gasteiger partial charge >= 0.3 is 0 Å². The molecule has 0 bridgehead atoms. The molecular formula is C13H20S. The molecule has 1 aromatic carbocycles. The fraction of sp³-hybridized carbons (Fsp3) is 0.538. The molecule has 0 aliphatic rings. The van der Waals surface area contributed by atoms with E-state index in [0.717, 1.165) is 0 Å². The van der Waals surface area contributed by atoms with Gasteiger partial charge < -0.3 is 0 Å². The van der Waals surface area contributed by atoms with Gasteiger partial charge in [0.2, 0.25) is 0 Å². The molecule has 0 saturated heterocycles. The fourth-order valence-corrected chi connectivity index (χ4v) is 1.84. The number of hydrogen-bond donors (Lipinski definition) is 1. The summed E-state index contributed by atoms with van der Waals surface area (Å²) in [6.45, 7) is 11.0. The molecule has 0 spiro atoms. The van der Waals surface area contributed by atoms with Crippen LogP contribution in [0.2, 0.25) is 0 Å². The fourth-order valence-electron chi connectivity index (χ4n) is 1.56. The second kappa shape index (κ2) is 3.98. The van der Waals surface area contributed by atoms with Gasteiger partial charge in [0.1, 0.15) is 0 Å². The van der Waals surface area contributed by atoms with Crippen molar-refractivity contribution in [2.75, 3.05) is 0 Å². The Labute approximate surface area is 93.1 Å². The van der Waals surface area contributed by atoms with Crippen molar-refractivity contribution in [2.24, 2.45) is 0 Å². The van der Waals surface area contributed by atoms with Crippen LogP contribution < -0.4 is 0 Å². The Balaban J connectivity index is 3.20. The molecule has 0 fully saturated rings. The number of benzene rings is 1. The van der Waals surface area contributed by atoms with Crippen LogP contribution in [0.1, 0.15) is 49.6 Å². The maximum absolute atomic E-state index is 4.50. The zero-order chi connectivity index (χ0) is 10.9. The lowest BCUT2D eigenvalue weighted by Crippen LogP contribution is -2.11. The highest BCUT2D eigenvalue weighted by molar-refractivity contribution is 7.80. The average molecular weight is 208 g/mol. The zero-order valence-electron chi connectivity index (χ0n) is 9.76. The SMILES string of the molecule is Cc1ccc(C(C)(C)C)cc1C(C)S. The van der Waals surface area contributed by atoms with E-state index < -0.39 is 0 Å². The Bertz CT molecular complexity index is 318. The highest BCUT2D eigenvalue weighted by atomic mass is 32.1. The van der Waals surface area contributed by atoms with E-state index in [2.05, 4.69) is 65.4 Å². The Morgan fingerprint density at radius 2 is 1.79 bits per heavy atom. The Hall–Kier alpha value is -0.430. The topological polar surface area (TPSA) is 0 Å². The molecule has 0 saturated carbocycles. The monoisotopic (exact) mass is 208 g/mol. The highest BCUT2D eigenvalue weighted by Crippen LogP contribution is 2.29.